The molecule has 0 heterocycles. The van der Waals surface area contributed by atoms with Crippen molar-refractivity contribution in [3.8, 4) is 0 Å². The third-order valence-electron chi connectivity index (χ3n) is 2.12. The van der Waals surface area contributed by atoms with Gasteiger partial charge in [0.05, 0.1) is 13.1 Å². The number of hydrogen-bond donors (Lipinski definition) is 2. The normalized spacial score (nSPS) is 10.8. The van der Waals surface area contributed by atoms with Crippen molar-refractivity contribution < 1.29 is 28.5 Å². The Morgan fingerprint density at radius 3 is 1.28 bits per heavy atom. The number of carbonyl (C=O) groups is 2. The lowest BCUT2D eigenvalue weighted by Gasteiger charge is -2.15. The predicted molar refractivity (Wildman–Crippen MR) is 61.6 cm³/mol. The summed E-state index contributed by atoms with van der Waals surface area (Å²) in [6, 6.07) is 0. The molecule has 8 heteroatoms. The maximum atomic E-state index is 11.4. The number of nitrogens with one attached hydrogen (secondary N) is 2. The molecule has 0 aliphatic heterocycles. The van der Waals surface area contributed by atoms with Crippen molar-refractivity contribution in [1.29, 1.82) is 0 Å². The van der Waals surface area contributed by atoms with Crippen molar-refractivity contribution in [2.45, 2.75) is 12.6 Å². The van der Waals surface area contributed by atoms with Gasteiger partial charge in [0, 0.05) is 28.4 Å². The van der Waals surface area contributed by atoms with Crippen molar-refractivity contribution in [2.75, 3.05) is 41.5 Å². The molecule has 0 saturated carbocycles. The Bertz CT molecular complexity index is 227. The summed E-state index contributed by atoms with van der Waals surface area (Å²) in [7, 11) is 5.73. The van der Waals surface area contributed by atoms with Crippen LogP contribution in [0.1, 0.15) is 0 Å². The molecular formula is C10H20N2O6. The van der Waals surface area contributed by atoms with Crippen molar-refractivity contribution in [3.63, 3.8) is 0 Å². The Morgan fingerprint density at radius 1 is 0.778 bits per heavy atom. The summed E-state index contributed by atoms with van der Waals surface area (Å²) in [6.07, 6.45) is -1.18. The Labute approximate surface area is 106 Å². The zero-order valence-electron chi connectivity index (χ0n) is 11.0. The summed E-state index contributed by atoms with van der Waals surface area (Å²) >= 11 is 0. The van der Waals surface area contributed by atoms with E-state index in [1.165, 1.54) is 28.4 Å². The maximum Gasteiger partial charge on any atom is 0.309 e. The van der Waals surface area contributed by atoms with Crippen molar-refractivity contribution in [1.82, 2.24) is 10.6 Å². The van der Waals surface area contributed by atoms with Crippen molar-refractivity contribution >= 4 is 11.8 Å². The molecule has 8 nitrogen and oxygen atoms in total. The molecule has 0 aromatic carbocycles. The highest BCUT2D eigenvalue weighted by atomic mass is 16.7. The van der Waals surface area contributed by atoms with Gasteiger partial charge in [-0.15, -0.1) is 0 Å². The van der Waals surface area contributed by atoms with Gasteiger partial charge in [-0.2, -0.15) is 0 Å². The molecule has 0 unspecified atom stereocenters. The molecule has 2 N–H and O–H groups in total. The molecule has 0 fully saturated rings. The molecule has 0 radical (unpaired) electrons. The molecule has 0 saturated heterocycles. The summed E-state index contributed by atoms with van der Waals surface area (Å²) in [5.41, 5.74) is 0. The number of methoxy groups -OCH3 is 4. The van der Waals surface area contributed by atoms with Crippen LogP contribution in [-0.2, 0) is 28.5 Å². The predicted octanol–water partition coefficient (Wildman–Crippen LogP) is -1.54. The Hall–Kier alpha value is -1.22. The van der Waals surface area contributed by atoms with Crippen LogP contribution in [0, 0.1) is 0 Å². The van der Waals surface area contributed by atoms with E-state index in [0.717, 1.165) is 0 Å². The maximum absolute atomic E-state index is 11.4. The zero-order valence-corrected chi connectivity index (χ0v) is 11.0. The lowest BCUT2D eigenvalue weighted by Crippen LogP contribution is -2.45. The lowest BCUT2D eigenvalue weighted by molar-refractivity contribution is -0.144. The first-order valence-corrected chi connectivity index (χ1v) is 5.26. The fourth-order valence-corrected chi connectivity index (χ4v) is 1.04. The van der Waals surface area contributed by atoms with E-state index in [0.29, 0.717) is 0 Å². The molecule has 2 amide bonds. The SMILES string of the molecule is COC(CNC(=O)C(=O)NCC(OC)OC)OC. The highest BCUT2D eigenvalue weighted by molar-refractivity contribution is 6.35. The molecule has 0 aliphatic rings. The van der Waals surface area contributed by atoms with E-state index in [9.17, 15) is 9.59 Å². The van der Waals surface area contributed by atoms with Crippen LogP contribution in [0.4, 0.5) is 0 Å². The number of amides is 2. The standard InChI is InChI=1S/C10H20N2O6/c1-15-7(16-2)5-11-9(13)10(14)12-6-8(17-3)18-4/h7-8H,5-6H2,1-4H3,(H,11,13)(H,12,14). The van der Waals surface area contributed by atoms with E-state index in [-0.39, 0.29) is 13.1 Å². The van der Waals surface area contributed by atoms with E-state index >= 15 is 0 Å². The zero-order chi connectivity index (χ0) is 14.0. The molecule has 0 atom stereocenters. The molecular weight excluding hydrogens is 244 g/mol. The summed E-state index contributed by atoms with van der Waals surface area (Å²) in [5.74, 6) is -1.56. The fourth-order valence-electron chi connectivity index (χ4n) is 1.04. The van der Waals surface area contributed by atoms with Gasteiger partial charge in [0.1, 0.15) is 0 Å². The van der Waals surface area contributed by atoms with E-state index in [1.54, 1.807) is 0 Å². The average Bonchev–Trinajstić information content (AvgIpc) is 2.40. The van der Waals surface area contributed by atoms with Gasteiger partial charge < -0.3 is 29.6 Å². The van der Waals surface area contributed by atoms with Crippen LogP contribution < -0.4 is 10.6 Å². The van der Waals surface area contributed by atoms with Gasteiger partial charge in [-0.25, -0.2) is 0 Å². The molecule has 106 valence electrons. The number of rotatable bonds is 8. The minimum Gasteiger partial charge on any atom is -0.354 e. The Kier molecular flexibility index (Phi) is 9.11. The first-order chi connectivity index (χ1) is 8.58. The largest absolute Gasteiger partial charge is 0.354 e. The second kappa shape index (κ2) is 9.77. The van der Waals surface area contributed by atoms with E-state index < -0.39 is 24.4 Å². The van der Waals surface area contributed by atoms with Gasteiger partial charge >= 0.3 is 11.8 Å². The monoisotopic (exact) mass is 264 g/mol. The lowest BCUT2D eigenvalue weighted by atomic mass is 10.5. The van der Waals surface area contributed by atoms with Crippen molar-refractivity contribution in [2.24, 2.45) is 0 Å². The van der Waals surface area contributed by atoms with Crippen molar-refractivity contribution in [3.05, 3.63) is 0 Å². The summed E-state index contributed by atoms with van der Waals surface area (Å²) in [5, 5.41) is 4.72. The van der Waals surface area contributed by atoms with Gasteiger partial charge in [-0.1, -0.05) is 0 Å². The van der Waals surface area contributed by atoms with Crippen LogP contribution in [0.5, 0.6) is 0 Å². The smallest absolute Gasteiger partial charge is 0.309 e. The average molecular weight is 264 g/mol. The van der Waals surface area contributed by atoms with Crippen LogP contribution in [0.3, 0.4) is 0 Å². The first-order valence-electron chi connectivity index (χ1n) is 5.26. The Morgan fingerprint density at radius 2 is 1.06 bits per heavy atom. The van der Waals surface area contributed by atoms with Crippen LogP contribution in [0.25, 0.3) is 0 Å². The number of ether oxygens (including phenoxy) is 4. The number of hydrogen-bond acceptors (Lipinski definition) is 6. The fraction of sp³-hybridized carbons (Fsp3) is 0.800. The highest BCUT2D eigenvalue weighted by Gasteiger charge is 2.16. The summed E-state index contributed by atoms with van der Waals surface area (Å²) in [4.78, 5) is 22.7. The van der Waals surface area contributed by atoms with Gasteiger partial charge in [-0.3, -0.25) is 9.59 Å². The molecule has 0 bridgehead atoms. The quantitative estimate of drug-likeness (QED) is 0.407. The topological polar surface area (TPSA) is 95.1 Å². The van der Waals surface area contributed by atoms with E-state index in [1.807, 2.05) is 0 Å². The minimum absolute atomic E-state index is 0.0806. The molecule has 0 rings (SSSR count). The third kappa shape index (κ3) is 6.50. The highest BCUT2D eigenvalue weighted by Crippen LogP contribution is 1.89. The molecule has 0 aromatic heterocycles. The molecule has 0 aliphatic carbocycles. The second-order valence-corrected chi connectivity index (χ2v) is 3.22. The van der Waals surface area contributed by atoms with E-state index in [4.69, 9.17) is 18.9 Å². The van der Waals surface area contributed by atoms with Crippen LogP contribution in [0.2, 0.25) is 0 Å². The second-order valence-electron chi connectivity index (χ2n) is 3.22. The first kappa shape index (κ1) is 16.8. The van der Waals surface area contributed by atoms with Gasteiger partial charge in [0.2, 0.25) is 0 Å². The third-order valence-corrected chi connectivity index (χ3v) is 2.12. The van der Waals surface area contributed by atoms with E-state index in [2.05, 4.69) is 10.6 Å². The Balaban J connectivity index is 3.92. The molecule has 0 spiro atoms. The minimum atomic E-state index is -0.778. The van der Waals surface area contributed by atoms with Crippen LogP contribution in [-0.4, -0.2) is 65.9 Å². The van der Waals surface area contributed by atoms with Gasteiger partial charge in [-0.05, 0) is 0 Å². The van der Waals surface area contributed by atoms with Crippen LogP contribution >= 0.6 is 0 Å². The number of carbonyl (C=O) groups excluding carboxylic acids is 2. The molecule has 18 heavy (non-hydrogen) atoms. The summed E-state index contributed by atoms with van der Waals surface area (Å²) in [6.45, 7) is 0.161. The summed E-state index contributed by atoms with van der Waals surface area (Å²) < 4.78 is 19.4. The van der Waals surface area contributed by atoms with Crippen LogP contribution in [0.15, 0.2) is 0 Å². The van der Waals surface area contributed by atoms with Gasteiger partial charge in [0.15, 0.2) is 12.6 Å². The molecule has 0 aromatic rings. The van der Waals surface area contributed by atoms with Gasteiger partial charge in [0.25, 0.3) is 0 Å².